The van der Waals surface area contributed by atoms with Crippen molar-refractivity contribution in [3.8, 4) is 17.0 Å². The van der Waals surface area contributed by atoms with Crippen molar-refractivity contribution >= 4 is 46.2 Å². The Morgan fingerprint density at radius 2 is 2.03 bits per heavy atom. The van der Waals surface area contributed by atoms with Crippen molar-refractivity contribution in [2.45, 2.75) is 0 Å². The quantitative estimate of drug-likeness (QED) is 0.451. The predicted molar refractivity (Wildman–Crippen MR) is 121 cm³/mol. The average Bonchev–Trinajstić information content (AvgIpc) is 3.43. The summed E-state index contributed by atoms with van der Waals surface area (Å²) >= 11 is 2.91. The van der Waals surface area contributed by atoms with Crippen LogP contribution in [0.25, 0.3) is 11.3 Å². The maximum absolute atomic E-state index is 14.2. The van der Waals surface area contributed by atoms with Crippen molar-refractivity contribution < 1.29 is 13.9 Å². The van der Waals surface area contributed by atoms with Gasteiger partial charge in [-0.15, -0.1) is 22.7 Å². The van der Waals surface area contributed by atoms with Crippen LogP contribution in [0, 0.1) is 5.82 Å². The largest absolute Gasteiger partial charge is 0.482 e. The summed E-state index contributed by atoms with van der Waals surface area (Å²) in [5.74, 6) is 0.0113. The van der Waals surface area contributed by atoms with E-state index in [9.17, 15) is 9.18 Å². The number of aromatic nitrogens is 1. The average molecular weight is 451 g/mol. The molecule has 0 saturated carbocycles. The molecule has 31 heavy (non-hydrogen) atoms. The van der Waals surface area contributed by atoms with Crippen LogP contribution in [-0.4, -0.2) is 23.4 Å². The fourth-order valence-electron chi connectivity index (χ4n) is 3.05. The lowest BCUT2D eigenvalue weighted by atomic mass is 10.1. The molecule has 0 aliphatic carbocycles. The van der Waals surface area contributed by atoms with Gasteiger partial charge in [0.15, 0.2) is 6.61 Å². The molecular formula is C22H15FN4O2S2. The van der Waals surface area contributed by atoms with Gasteiger partial charge in [-0.1, -0.05) is 18.2 Å². The van der Waals surface area contributed by atoms with E-state index in [1.54, 1.807) is 40.4 Å². The van der Waals surface area contributed by atoms with Crippen LogP contribution < -0.4 is 14.9 Å². The summed E-state index contributed by atoms with van der Waals surface area (Å²) in [6.45, 7) is 0.00156. The Kier molecular flexibility index (Phi) is 5.19. The number of thiophene rings is 1. The molecule has 6 nitrogen and oxygen atoms in total. The summed E-state index contributed by atoms with van der Waals surface area (Å²) in [5.41, 5.74) is 2.41. The first-order valence-corrected chi connectivity index (χ1v) is 11.1. The van der Waals surface area contributed by atoms with Crippen molar-refractivity contribution in [2.75, 3.05) is 11.9 Å². The Bertz CT molecular complexity index is 1360. The minimum Gasteiger partial charge on any atom is -0.482 e. The van der Waals surface area contributed by atoms with Gasteiger partial charge < -0.3 is 10.1 Å². The fraction of sp³-hybridized carbons (Fsp3) is 0.0455. The summed E-state index contributed by atoms with van der Waals surface area (Å²) in [4.78, 5) is 17.7. The van der Waals surface area contributed by atoms with Crippen LogP contribution in [0.15, 0.2) is 75.5 Å². The number of amides is 1. The first-order valence-electron chi connectivity index (χ1n) is 9.32. The minimum atomic E-state index is -0.403. The molecule has 0 unspecified atom stereocenters. The van der Waals surface area contributed by atoms with Crippen LogP contribution in [0.3, 0.4) is 0 Å². The lowest BCUT2D eigenvalue weighted by molar-refractivity contribution is -0.118. The van der Waals surface area contributed by atoms with Crippen molar-refractivity contribution in [1.82, 2.24) is 4.68 Å². The number of carbonyl (C=O) groups is 1. The van der Waals surface area contributed by atoms with E-state index in [0.717, 1.165) is 16.1 Å². The molecule has 3 heterocycles. The Labute approximate surface area is 184 Å². The summed E-state index contributed by atoms with van der Waals surface area (Å²) in [6.07, 6.45) is 1.74. The van der Waals surface area contributed by atoms with E-state index >= 15 is 0 Å². The third kappa shape index (κ3) is 4.05. The zero-order valence-corrected chi connectivity index (χ0v) is 17.6. The molecule has 0 fully saturated rings. The number of nitrogens with one attached hydrogen (secondary N) is 1. The van der Waals surface area contributed by atoms with Crippen molar-refractivity contribution in [2.24, 2.45) is 10.1 Å². The second-order valence-corrected chi connectivity index (χ2v) is 8.40. The number of hydrogen-bond acceptors (Lipinski definition) is 6. The van der Waals surface area contributed by atoms with Crippen molar-refractivity contribution in [3.05, 3.63) is 80.9 Å². The van der Waals surface area contributed by atoms with E-state index in [-0.39, 0.29) is 18.2 Å². The van der Waals surface area contributed by atoms with Gasteiger partial charge >= 0.3 is 0 Å². The van der Waals surface area contributed by atoms with E-state index < -0.39 is 5.82 Å². The third-order valence-corrected chi connectivity index (χ3v) is 6.13. The molecule has 1 amide bonds. The highest BCUT2D eigenvalue weighted by Crippen LogP contribution is 2.33. The number of thiazole rings is 1. The van der Waals surface area contributed by atoms with Gasteiger partial charge in [0.1, 0.15) is 17.3 Å². The minimum absolute atomic E-state index is 0.00156. The van der Waals surface area contributed by atoms with Crippen LogP contribution in [0.1, 0.15) is 4.88 Å². The number of fused-ring (bicyclic) bond motifs is 1. The normalized spacial score (nSPS) is 13.8. The molecule has 0 bridgehead atoms. The number of carbonyl (C=O) groups excluding carboxylic acids is 1. The van der Waals surface area contributed by atoms with Crippen LogP contribution >= 0.6 is 22.7 Å². The Balaban J connectivity index is 1.64. The van der Waals surface area contributed by atoms with E-state index in [1.807, 2.05) is 41.1 Å². The molecule has 154 valence electrons. The number of ether oxygens (including phenoxy) is 1. The third-order valence-electron chi connectivity index (χ3n) is 4.51. The number of benzene rings is 2. The lowest BCUT2D eigenvalue weighted by Gasteiger charge is -2.18. The highest BCUT2D eigenvalue weighted by atomic mass is 32.1. The maximum Gasteiger partial charge on any atom is 0.262 e. The number of nitrogens with zero attached hydrogens (tertiary/aromatic N) is 3. The number of halogens is 1. The zero-order chi connectivity index (χ0) is 21.2. The molecule has 4 aromatic rings. The maximum atomic E-state index is 14.2. The standard InChI is InChI=1S/C22H15FN4O2S2/c23-16-5-1-2-6-17(16)26-22-27(24-11-15-4-3-9-30-15)19(13-31-22)14-7-8-20-18(10-14)25-21(28)12-29-20/h1-11,13H,12H2,(H,25,28). The Morgan fingerprint density at radius 1 is 1.13 bits per heavy atom. The topological polar surface area (TPSA) is 68.0 Å². The number of hydrogen-bond donors (Lipinski definition) is 1. The molecule has 0 spiro atoms. The predicted octanol–water partition coefficient (Wildman–Crippen LogP) is 4.86. The lowest BCUT2D eigenvalue weighted by Crippen LogP contribution is -2.25. The van der Waals surface area contributed by atoms with E-state index in [1.165, 1.54) is 17.4 Å². The van der Waals surface area contributed by atoms with Gasteiger partial charge in [-0.25, -0.2) is 14.1 Å². The second kappa shape index (κ2) is 8.29. The van der Waals surface area contributed by atoms with Gasteiger partial charge in [0.25, 0.3) is 5.91 Å². The second-order valence-electron chi connectivity index (χ2n) is 6.59. The SMILES string of the molecule is O=C1COc2ccc(-c3csc(=Nc4ccccc4F)n3N=Cc3cccs3)cc2N1. The van der Waals surface area contributed by atoms with Crippen LogP contribution in [-0.2, 0) is 4.79 Å². The van der Waals surface area contributed by atoms with E-state index in [0.29, 0.717) is 16.2 Å². The van der Waals surface area contributed by atoms with E-state index in [4.69, 9.17) is 4.74 Å². The first-order chi connectivity index (χ1) is 15.2. The molecule has 0 saturated heterocycles. The Morgan fingerprint density at radius 3 is 2.87 bits per heavy atom. The molecule has 9 heteroatoms. The van der Waals surface area contributed by atoms with Crippen LogP contribution in [0.4, 0.5) is 15.8 Å². The molecule has 1 aliphatic rings. The highest BCUT2D eigenvalue weighted by Gasteiger charge is 2.18. The summed E-state index contributed by atoms with van der Waals surface area (Å²) < 4.78 is 21.3. The number of para-hydroxylation sites is 1. The summed E-state index contributed by atoms with van der Waals surface area (Å²) in [6, 6.07) is 15.8. The van der Waals surface area contributed by atoms with Gasteiger partial charge in [0.2, 0.25) is 4.80 Å². The van der Waals surface area contributed by atoms with Gasteiger partial charge in [-0.05, 0) is 41.8 Å². The van der Waals surface area contributed by atoms with Gasteiger partial charge in [0.05, 0.1) is 17.6 Å². The summed E-state index contributed by atoms with van der Waals surface area (Å²) in [7, 11) is 0. The molecule has 1 N–H and O–H groups in total. The van der Waals surface area contributed by atoms with Gasteiger partial charge in [0, 0.05) is 15.8 Å². The molecule has 2 aromatic carbocycles. The van der Waals surface area contributed by atoms with Crippen molar-refractivity contribution in [1.29, 1.82) is 0 Å². The first kappa shape index (κ1) is 19.4. The van der Waals surface area contributed by atoms with Crippen LogP contribution in [0.2, 0.25) is 0 Å². The highest BCUT2D eigenvalue weighted by molar-refractivity contribution is 7.11. The van der Waals surface area contributed by atoms with Crippen LogP contribution in [0.5, 0.6) is 5.75 Å². The Hall–Kier alpha value is -3.56. The monoisotopic (exact) mass is 450 g/mol. The molecule has 1 aliphatic heterocycles. The van der Waals surface area contributed by atoms with Crippen molar-refractivity contribution in [3.63, 3.8) is 0 Å². The zero-order valence-electron chi connectivity index (χ0n) is 16.0. The molecule has 0 radical (unpaired) electrons. The fourth-order valence-corrected chi connectivity index (χ4v) is 4.48. The van der Waals surface area contributed by atoms with Gasteiger partial charge in [-0.3, -0.25) is 4.79 Å². The van der Waals surface area contributed by atoms with E-state index in [2.05, 4.69) is 15.4 Å². The number of anilines is 1. The van der Waals surface area contributed by atoms with Gasteiger partial charge in [-0.2, -0.15) is 5.10 Å². The summed E-state index contributed by atoms with van der Waals surface area (Å²) in [5, 5.41) is 11.3. The molecular weight excluding hydrogens is 435 g/mol. The molecule has 5 rings (SSSR count). The number of rotatable bonds is 4. The molecule has 2 aromatic heterocycles. The molecule has 0 atom stereocenters. The smallest absolute Gasteiger partial charge is 0.262 e.